The largest absolute Gasteiger partial charge is 0.508 e. The Kier molecular flexibility index (Phi) is 5.66. The molecule has 156 valence electrons. The van der Waals surface area contributed by atoms with Crippen molar-refractivity contribution in [3.05, 3.63) is 57.4 Å². The summed E-state index contributed by atoms with van der Waals surface area (Å²) in [4.78, 5) is 6.76. The van der Waals surface area contributed by atoms with Crippen LogP contribution in [0.2, 0.25) is 5.15 Å². The van der Waals surface area contributed by atoms with E-state index in [1.807, 2.05) is 0 Å². The van der Waals surface area contributed by atoms with Crippen LogP contribution < -0.4 is 0 Å². The van der Waals surface area contributed by atoms with Gasteiger partial charge in [0.25, 0.3) is 0 Å². The van der Waals surface area contributed by atoms with Gasteiger partial charge in [-0.1, -0.05) is 41.4 Å². The molecule has 2 heterocycles. The SMILES string of the molecule is CC(C)(CC(O)(Cc1cc2cc(Cl)ncc2[nH]1)C(F)(F)F)c1cc(Br)ccc1O. The highest BCUT2D eigenvalue weighted by Gasteiger charge is 2.56. The summed E-state index contributed by atoms with van der Waals surface area (Å²) in [5, 5.41) is 21.8. The lowest BCUT2D eigenvalue weighted by molar-refractivity contribution is -0.266. The maximum Gasteiger partial charge on any atom is 0.417 e. The normalized spacial score (nSPS) is 14.9. The van der Waals surface area contributed by atoms with Crippen molar-refractivity contribution < 1.29 is 23.4 Å². The summed E-state index contributed by atoms with van der Waals surface area (Å²) in [6.07, 6.45) is -4.79. The number of hydrogen-bond donors (Lipinski definition) is 3. The van der Waals surface area contributed by atoms with E-state index in [-0.39, 0.29) is 16.6 Å². The molecule has 3 aromatic rings. The number of aliphatic hydroxyl groups is 1. The Balaban J connectivity index is 1.98. The molecule has 0 aliphatic rings. The zero-order chi connectivity index (χ0) is 21.6. The van der Waals surface area contributed by atoms with Crippen LogP contribution in [0.4, 0.5) is 13.2 Å². The Morgan fingerprint density at radius 2 is 1.86 bits per heavy atom. The number of hydrogen-bond acceptors (Lipinski definition) is 3. The van der Waals surface area contributed by atoms with Gasteiger partial charge in [0.2, 0.25) is 0 Å². The number of fused-ring (bicyclic) bond motifs is 1. The average molecular weight is 492 g/mol. The Morgan fingerprint density at radius 3 is 2.52 bits per heavy atom. The molecule has 0 fully saturated rings. The zero-order valence-electron chi connectivity index (χ0n) is 15.6. The molecular weight excluding hydrogens is 473 g/mol. The van der Waals surface area contributed by atoms with E-state index < -0.39 is 30.0 Å². The van der Waals surface area contributed by atoms with Crippen LogP contribution in [0, 0.1) is 0 Å². The summed E-state index contributed by atoms with van der Waals surface area (Å²) in [5.41, 5.74) is -3.16. The molecule has 0 aliphatic heterocycles. The van der Waals surface area contributed by atoms with Crippen molar-refractivity contribution in [1.29, 1.82) is 0 Å². The zero-order valence-corrected chi connectivity index (χ0v) is 18.0. The van der Waals surface area contributed by atoms with E-state index >= 15 is 0 Å². The Hall–Kier alpha value is -1.77. The number of phenolic OH excluding ortho intramolecular Hbond substituents is 1. The third-order valence-electron chi connectivity index (χ3n) is 4.96. The van der Waals surface area contributed by atoms with Crippen molar-refractivity contribution in [3.8, 4) is 5.75 Å². The van der Waals surface area contributed by atoms with Gasteiger partial charge in [-0.2, -0.15) is 13.2 Å². The second kappa shape index (κ2) is 7.49. The summed E-state index contributed by atoms with van der Waals surface area (Å²) < 4.78 is 42.5. The lowest BCUT2D eigenvalue weighted by Crippen LogP contribution is -2.50. The number of H-pyrrole nitrogens is 1. The van der Waals surface area contributed by atoms with Crippen molar-refractivity contribution >= 4 is 38.4 Å². The predicted octanol–water partition coefficient (Wildman–Crippen LogP) is 5.89. The summed E-state index contributed by atoms with van der Waals surface area (Å²) in [6, 6.07) is 7.61. The number of alkyl halides is 3. The second-order valence-electron chi connectivity index (χ2n) is 7.82. The van der Waals surface area contributed by atoms with Crippen molar-refractivity contribution in [3.63, 3.8) is 0 Å². The van der Waals surface area contributed by atoms with E-state index in [4.69, 9.17) is 11.6 Å². The molecule has 0 spiro atoms. The number of rotatable bonds is 5. The van der Waals surface area contributed by atoms with Gasteiger partial charge in [0.15, 0.2) is 5.60 Å². The lowest BCUT2D eigenvalue weighted by Gasteiger charge is -2.38. The summed E-state index contributed by atoms with van der Waals surface area (Å²) in [7, 11) is 0. The highest BCUT2D eigenvalue weighted by Crippen LogP contribution is 2.45. The molecule has 0 amide bonds. The minimum Gasteiger partial charge on any atom is -0.508 e. The number of aromatic nitrogens is 2. The highest BCUT2D eigenvalue weighted by atomic mass is 79.9. The maximum atomic E-state index is 14.0. The number of nitrogens with zero attached hydrogens (tertiary/aromatic N) is 1. The third kappa shape index (κ3) is 4.54. The van der Waals surface area contributed by atoms with Crippen LogP contribution in [0.1, 0.15) is 31.5 Å². The average Bonchev–Trinajstić information content (AvgIpc) is 2.96. The van der Waals surface area contributed by atoms with Gasteiger partial charge in [-0.3, -0.25) is 0 Å². The van der Waals surface area contributed by atoms with Gasteiger partial charge in [-0.15, -0.1) is 0 Å². The topological polar surface area (TPSA) is 69.1 Å². The van der Waals surface area contributed by atoms with Gasteiger partial charge in [-0.05, 0) is 42.2 Å². The van der Waals surface area contributed by atoms with Crippen LogP contribution in [-0.4, -0.2) is 32.0 Å². The minimum atomic E-state index is -4.89. The number of halogens is 5. The lowest BCUT2D eigenvalue weighted by atomic mass is 9.73. The molecule has 1 aromatic carbocycles. The van der Waals surface area contributed by atoms with Crippen molar-refractivity contribution in [1.82, 2.24) is 9.97 Å². The van der Waals surface area contributed by atoms with E-state index in [1.54, 1.807) is 26.0 Å². The number of aromatic amines is 1. The van der Waals surface area contributed by atoms with Crippen LogP contribution >= 0.6 is 27.5 Å². The van der Waals surface area contributed by atoms with Crippen LogP contribution in [0.25, 0.3) is 10.9 Å². The van der Waals surface area contributed by atoms with Gasteiger partial charge in [0.1, 0.15) is 10.9 Å². The Morgan fingerprint density at radius 1 is 1.17 bits per heavy atom. The molecule has 29 heavy (non-hydrogen) atoms. The molecule has 0 saturated heterocycles. The van der Waals surface area contributed by atoms with Gasteiger partial charge in [0, 0.05) is 27.5 Å². The summed E-state index contributed by atoms with van der Waals surface area (Å²) in [6.45, 7) is 3.11. The first-order valence-corrected chi connectivity index (χ1v) is 9.89. The number of phenols is 1. The van der Waals surface area contributed by atoms with Gasteiger partial charge in [-0.25, -0.2) is 4.98 Å². The van der Waals surface area contributed by atoms with E-state index in [9.17, 15) is 23.4 Å². The van der Waals surface area contributed by atoms with Gasteiger partial charge >= 0.3 is 6.18 Å². The molecule has 2 aromatic heterocycles. The van der Waals surface area contributed by atoms with Crippen LogP contribution in [-0.2, 0) is 11.8 Å². The maximum absolute atomic E-state index is 14.0. The molecule has 1 unspecified atom stereocenters. The number of aromatic hydroxyl groups is 1. The molecule has 0 radical (unpaired) electrons. The molecule has 1 atom stereocenters. The van der Waals surface area contributed by atoms with Gasteiger partial charge in [0.05, 0.1) is 11.7 Å². The fourth-order valence-electron chi connectivity index (χ4n) is 3.61. The summed E-state index contributed by atoms with van der Waals surface area (Å²) >= 11 is 9.10. The quantitative estimate of drug-likeness (QED) is 0.390. The molecule has 9 heteroatoms. The Labute approximate surface area is 178 Å². The van der Waals surface area contributed by atoms with Gasteiger partial charge < -0.3 is 15.2 Å². The minimum absolute atomic E-state index is 0.131. The molecule has 3 rings (SSSR count). The first kappa shape index (κ1) is 21.9. The van der Waals surface area contributed by atoms with Crippen LogP contribution in [0.5, 0.6) is 5.75 Å². The third-order valence-corrected chi connectivity index (χ3v) is 5.66. The first-order chi connectivity index (χ1) is 13.3. The fraction of sp³-hybridized carbons (Fsp3) is 0.350. The van der Waals surface area contributed by atoms with E-state index in [0.29, 0.717) is 20.9 Å². The van der Waals surface area contributed by atoms with Crippen molar-refractivity contribution in [2.24, 2.45) is 0 Å². The molecule has 0 bridgehead atoms. The summed E-state index contributed by atoms with van der Waals surface area (Å²) in [5.74, 6) is -0.131. The molecule has 0 saturated carbocycles. The monoisotopic (exact) mass is 490 g/mol. The van der Waals surface area contributed by atoms with E-state index in [2.05, 4.69) is 25.9 Å². The van der Waals surface area contributed by atoms with E-state index in [0.717, 1.165) is 0 Å². The number of pyridine rings is 1. The highest BCUT2D eigenvalue weighted by molar-refractivity contribution is 9.10. The number of nitrogens with one attached hydrogen (secondary N) is 1. The Bertz CT molecular complexity index is 1050. The first-order valence-electron chi connectivity index (χ1n) is 8.72. The van der Waals surface area contributed by atoms with Crippen molar-refractivity contribution in [2.75, 3.05) is 0 Å². The standard InChI is InChI=1S/C20H19BrClF3N2O2/c1-18(2,14-7-12(21)3-4-16(14)28)10-19(29,20(23,24)25)8-13-5-11-6-17(22)26-9-15(11)27-13/h3-7,9,27-29H,8,10H2,1-2H3. The second-order valence-corrected chi connectivity index (χ2v) is 9.12. The molecular formula is C20H19BrClF3N2O2. The smallest absolute Gasteiger partial charge is 0.417 e. The predicted molar refractivity (Wildman–Crippen MR) is 109 cm³/mol. The van der Waals surface area contributed by atoms with Crippen LogP contribution in [0.15, 0.2) is 41.0 Å². The van der Waals surface area contributed by atoms with Crippen LogP contribution in [0.3, 0.4) is 0 Å². The van der Waals surface area contributed by atoms with E-state index in [1.165, 1.54) is 24.4 Å². The molecule has 0 aliphatic carbocycles. The molecule has 4 nitrogen and oxygen atoms in total. The number of benzene rings is 1. The van der Waals surface area contributed by atoms with Crippen molar-refractivity contribution in [2.45, 2.75) is 43.9 Å². The molecule has 3 N–H and O–H groups in total. The fourth-order valence-corrected chi connectivity index (χ4v) is 4.14.